The Morgan fingerprint density at radius 1 is 1.05 bits per heavy atom. The van der Waals surface area contributed by atoms with Crippen LogP contribution < -0.4 is 0 Å². The Hall–Kier alpha value is -1.39. The molecule has 0 unspecified atom stereocenters. The van der Waals surface area contributed by atoms with Crippen LogP contribution in [0.1, 0.15) is 19.8 Å². The molecule has 0 fully saturated rings. The van der Waals surface area contributed by atoms with Gasteiger partial charge in [-0.05, 0) is 17.9 Å². The fourth-order valence-electron chi connectivity index (χ4n) is 2.09. The lowest BCUT2D eigenvalue weighted by atomic mass is 10.1. The molecule has 0 aliphatic heterocycles. The number of nitrogens with zero attached hydrogens (tertiary/aromatic N) is 1. The highest BCUT2D eigenvalue weighted by atomic mass is 32.2. The summed E-state index contributed by atoms with van der Waals surface area (Å²) in [5.74, 6) is 0. The molecule has 2 aromatic carbocycles. The standard InChI is InChI=1S/C15H19NO2S/c1-3-4-12-16(2)19(17,18)15-11-7-9-13-8-5-6-10-14(13)15/h5-11H,3-4,12H2,1-2H3. The van der Waals surface area contributed by atoms with E-state index in [0.29, 0.717) is 11.4 Å². The number of sulfonamides is 1. The molecular weight excluding hydrogens is 258 g/mol. The van der Waals surface area contributed by atoms with Gasteiger partial charge in [-0.25, -0.2) is 12.7 Å². The van der Waals surface area contributed by atoms with Gasteiger partial charge in [0.2, 0.25) is 10.0 Å². The van der Waals surface area contributed by atoms with Gasteiger partial charge in [-0.15, -0.1) is 0 Å². The second kappa shape index (κ2) is 5.72. The van der Waals surface area contributed by atoms with E-state index in [0.717, 1.165) is 23.6 Å². The predicted molar refractivity (Wildman–Crippen MR) is 78.7 cm³/mol. The van der Waals surface area contributed by atoms with Crippen molar-refractivity contribution in [1.29, 1.82) is 0 Å². The Morgan fingerprint density at radius 3 is 2.47 bits per heavy atom. The molecule has 0 aromatic heterocycles. The van der Waals surface area contributed by atoms with Crippen molar-refractivity contribution in [3.63, 3.8) is 0 Å². The van der Waals surface area contributed by atoms with Gasteiger partial charge in [0.15, 0.2) is 0 Å². The second-order valence-electron chi connectivity index (χ2n) is 4.66. The lowest BCUT2D eigenvalue weighted by Gasteiger charge is -2.18. The van der Waals surface area contributed by atoms with E-state index >= 15 is 0 Å². The van der Waals surface area contributed by atoms with Crippen LogP contribution in [0.3, 0.4) is 0 Å². The van der Waals surface area contributed by atoms with Crippen molar-refractivity contribution < 1.29 is 8.42 Å². The quantitative estimate of drug-likeness (QED) is 0.841. The van der Waals surface area contributed by atoms with E-state index in [1.54, 1.807) is 19.2 Å². The Balaban J connectivity index is 2.49. The predicted octanol–water partition coefficient (Wildman–Crippen LogP) is 3.26. The second-order valence-corrected chi connectivity index (χ2v) is 6.67. The Bertz CT molecular complexity index is 659. The van der Waals surface area contributed by atoms with Crippen molar-refractivity contribution in [3.8, 4) is 0 Å². The molecular formula is C15H19NO2S. The van der Waals surface area contributed by atoms with Crippen LogP contribution in [0, 0.1) is 0 Å². The Morgan fingerprint density at radius 2 is 1.74 bits per heavy atom. The van der Waals surface area contributed by atoms with Crippen LogP contribution in [0.2, 0.25) is 0 Å². The van der Waals surface area contributed by atoms with Crippen LogP contribution in [0.4, 0.5) is 0 Å². The summed E-state index contributed by atoms with van der Waals surface area (Å²) in [5, 5.41) is 1.74. The van der Waals surface area contributed by atoms with Crippen LogP contribution in [0.5, 0.6) is 0 Å². The summed E-state index contributed by atoms with van der Waals surface area (Å²) in [6.07, 6.45) is 1.86. The van der Waals surface area contributed by atoms with Gasteiger partial charge in [-0.3, -0.25) is 0 Å². The normalized spacial score (nSPS) is 12.2. The first-order chi connectivity index (χ1) is 9.07. The maximum Gasteiger partial charge on any atom is 0.243 e. The molecule has 2 rings (SSSR count). The summed E-state index contributed by atoms with van der Waals surface area (Å²) < 4.78 is 26.6. The molecule has 0 aliphatic carbocycles. The van der Waals surface area contributed by atoms with Crippen LogP contribution >= 0.6 is 0 Å². The van der Waals surface area contributed by atoms with Gasteiger partial charge in [0, 0.05) is 19.0 Å². The Kier molecular flexibility index (Phi) is 4.22. The third-order valence-corrected chi connectivity index (χ3v) is 5.18. The third kappa shape index (κ3) is 2.80. The number of hydrogen-bond acceptors (Lipinski definition) is 2. The molecule has 0 N–H and O–H groups in total. The van der Waals surface area contributed by atoms with Crippen molar-refractivity contribution in [2.24, 2.45) is 0 Å². The molecule has 0 saturated heterocycles. The van der Waals surface area contributed by atoms with Crippen molar-refractivity contribution in [1.82, 2.24) is 4.31 Å². The van der Waals surface area contributed by atoms with E-state index in [9.17, 15) is 8.42 Å². The minimum Gasteiger partial charge on any atom is -0.207 e. The highest BCUT2D eigenvalue weighted by Crippen LogP contribution is 2.25. The molecule has 0 amide bonds. The molecule has 0 heterocycles. The van der Waals surface area contributed by atoms with E-state index < -0.39 is 10.0 Å². The number of rotatable bonds is 5. The molecule has 0 radical (unpaired) electrons. The summed E-state index contributed by atoms with van der Waals surface area (Å²) in [5.41, 5.74) is 0. The van der Waals surface area contributed by atoms with Crippen LogP contribution in [0.25, 0.3) is 10.8 Å². The molecule has 0 atom stereocenters. The van der Waals surface area contributed by atoms with E-state index in [1.807, 2.05) is 30.3 Å². The van der Waals surface area contributed by atoms with Gasteiger partial charge in [-0.2, -0.15) is 0 Å². The molecule has 102 valence electrons. The number of fused-ring (bicyclic) bond motifs is 1. The Labute approximate surface area is 114 Å². The first-order valence-electron chi connectivity index (χ1n) is 6.51. The van der Waals surface area contributed by atoms with Gasteiger partial charge in [0.25, 0.3) is 0 Å². The summed E-state index contributed by atoms with van der Waals surface area (Å²) in [6, 6.07) is 13.0. The van der Waals surface area contributed by atoms with Crippen LogP contribution in [-0.4, -0.2) is 26.3 Å². The first kappa shape index (κ1) is 14.0. The monoisotopic (exact) mass is 277 g/mol. The van der Waals surface area contributed by atoms with E-state index in [4.69, 9.17) is 0 Å². The van der Waals surface area contributed by atoms with Crippen LogP contribution in [0.15, 0.2) is 47.4 Å². The summed E-state index contributed by atoms with van der Waals surface area (Å²) in [4.78, 5) is 0.393. The number of benzene rings is 2. The SMILES string of the molecule is CCCCN(C)S(=O)(=O)c1cccc2ccccc12. The number of unbranched alkanes of at least 4 members (excludes halogenated alkanes) is 1. The molecule has 0 aliphatic rings. The molecule has 4 heteroatoms. The van der Waals surface area contributed by atoms with Crippen LogP contribution in [-0.2, 0) is 10.0 Å². The van der Waals surface area contributed by atoms with Gasteiger partial charge < -0.3 is 0 Å². The fourth-order valence-corrected chi connectivity index (χ4v) is 3.51. The molecule has 0 saturated carbocycles. The molecule has 0 bridgehead atoms. The van der Waals surface area contributed by atoms with E-state index in [2.05, 4.69) is 6.92 Å². The maximum absolute atomic E-state index is 12.6. The summed E-state index contributed by atoms with van der Waals surface area (Å²) in [6.45, 7) is 2.61. The zero-order valence-electron chi connectivity index (χ0n) is 11.3. The summed E-state index contributed by atoms with van der Waals surface area (Å²) >= 11 is 0. The van der Waals surface area contributed by atoms with Gasteiger partial charge >= 0.3 is 0 Å². The van der Waals surface area contributed by atoms with Gasteiger partial charge in [0.1, 0.15) is 0 Å². The average molecular weight is 277 g/mol. The van der Waals surface area contributed by atoms with Gasteiger partial charge in [0.05, 0.1) is 4.90 Å². The third-order valence-electron chi connectivity index (χ3n) is 3.26. The zero-order valence-corrected chi connectivity index (χ0v) is 12.2. The van der Waals surface area contributed by atoms with Crippen molar-refractivity contribution in [2.75, 3.05) is 13.6 Å². The summed E-state index contributed by atoms with van der Waals surface area (Å²) in [7, 11) is -1.76. The topological polar surface area (TPSA) is 37.4 Å². The lowest BCUT2D eigenvalue weighted by molar-refractivity contribution is 0.460. The minimum absolute atomic E-state index is 0.393. The molecule has 2 aromatic rings. The van der Waals surface area contributed by atoms with Crippen molar-refractivity contribution in [3.05, 3.63) is 42.5 Å². The molecule has 19 heavy (non-hydrogen) atoms. The highest BCUT2D eigenvalue weighted by Gasteiger charge is 2.22. The maximum atomic E-state index is 12.6. The average Bonchev–Trinajstić information content (AvgIpc) is 2.43. The minimum atomic E-state index is -3.40. The van der Waals surface area contributed by atoms with Crippen molar-refractivity contribution >= 4 is 20.8 Å². The number of hydrogen-bond donors (Lipinski definition) is 0. The largest absolute Gasteiger partial charge is 0.243 e. The van der Waals surface area contributed by atoms with E-state index in [-0.39, 0.29) is 0 Å². The zero-order chi connectivity index (χ0) is 13.9. The molecule has 3 nitrogen and oxygen atoms in total. The van der Waals surface area contributed by atoms with Crippen molar-refractivity contribution in [2.45, 2.75) is 24.7 Å². The molecule has 0 spiro atoms. The van der Waals surface area contributed by atoms with Gasteiger partial charge in [-0.1, -0.05) is 49.7 Å². The lowest BCUT2D eigenvalue weighted by Crippen LogP contribution is -2.28. The van der Waals surface area contributed by atoms with E-state index in [1.165, 1.54) is 4.31 Å². The fraction of sp³-hybridized carbons (Fsp3) is 0.333. The highest BCUT2D eigenvalue weighted by molar-refractivity contribution is 7.89. The first-order valence-corrected chi connectivity index (χ1v) is 7.95. The smallest absolute Gasteiger partial charge is 0.207 e.